The molecule has 0 radical (unpaired) electrons. The summed E-state index contributed by atoms with van der Waals surface area (Å²) >= 11 is 0. The third-order valence-corrected chi connectivity index (χ3v) is 2.01. The maximum atomic E-state index is 13.3. The Labute approximate surface area is 79.8 Å². The Balaban J connectivity index is 2.68. The number of H-pyrrole nitrogens is 1. The molecule has 0 aliphatic heterocycles. The summed E-state index contributed by atoms with van der Waals surface area (Å²) in [7, 11) is 0. The molecule has 0 fully saturated rings. The lowest BCUT2D eigenvalue weighted by Gasteiger charge is -2.03. The molecule has 1 aromatic carbocycles. The van der Waals surface area contributed by atoms with Crippen LogP contribution in [0.25, 0.3) is 5.69 Å². The van der Waals surface area contributed by atoms with Gasteiger partial charge in [-0.3, -0.25) is 4.57 Å². The summed E-state index contributed by atoms with van der Waals surface area (Å²) in [5.41, 5.74) is 0.847. The molecule has 3 nitrogen and oxygen atoms in total. The van der Waals surface area contributed by atoms with Gasteiger partial charge in [-0.15, -0.1) is 0 Å². The Kier molecular flexibility index (Phi) is 1.96. The molecule has 72 valence electrons. The third kappa shape index (κ3) is 1.35. The molecule has 0 atom stereocenters. The van der Waals surface area contributed by atoms with Gasteiger partial charge in [0.05, 0.1) is 5.69 Å². The van der Waals surface area contributed by atoms with Gasteiger partial charge in [0, 0.05) is 12.4 Å². The molecule has 2 rings (SSSR count). The van der Waals surface area contributed by atoms with Gasteiger partial charge in [-0.2, -0.15) is 0 Å². The second-order valence-corrected chi connectivity index (χ2v) is 3.09. The summed E-state index contributed by atoms with van der Waals surface area (Å²) < 4.78 is 14.6. The molecule has 0 saturated heterocycles. The Morgan fingerprint density at radius 1 is 1.43 bits per heavy atom. The third-order valence-electron chi connectivity index (χ3n) is 2.01. The number of hydrogen-bond donors (Lipinski definition) is 1. The fourth-order valence-corrected chi connectivity index (χ4v) is 1.32. The van der Waals surface area contributed by atoms with Gasteiger partial charge in [0.15, 0.2) is 0 Å². The van der Waals surface area contributed by atoms with Gasteiger partial charge >= 0.3 is 5.69 Å². The van der Waals surface area contributed by atoms with Crippen LogP contribution < -0.4 is 5.69 Å². The molecule has 4 heteroatoms. The number of imidazole rings is 1. The Morgan fingerprint density at radius 2 is 2.21 bits per heavy atom. The number of benzene rings is 1. The van der Waals surface area contributed by atoms with Gasteiger partial charge in [-0.25, -0.2) is 9.18 Å². The minimum atomic E-state index is -0.405. The fourth-order valence-electron chi connectivity index (χ4n) is 1.32. The van der Waals surface area contributed by atoms with Gasteiger partial charge in [-0.1, -0.05) is 6.07 Å². The number of aromatic nitrogens is 2. The quantitative estimate of drug-likeness (QED) is 0.732. The van der Waals surface area contributed by atoms with Crippen molar-refractivity contribution < 1.29 is 4.39 Å². The maximum absolute atomic E-state index is 13.3. The lowest BCUT2D eigenvalue weighted by Crippen LogP contribution is -2.15. The van der Waals surface area contributed by atoms with E-state index in [-0.39, 0.29) is 11.4 Å². The van der Waals surface area contributed by atoms with Gasteiger partial charge in [0.25, 0.3) is 0 Å². The fraction of sp³-hybridized carbons (Fsp3) is 0.100. The smallest absolute Gasteiger partial charge is 0.312 e. The zero-order valence-corrected chi connectivity index (χ0v) is 7.62. The van der Waals surface area contributed by atoms with Crippen LogP contribution in [0, 0.1) is 12.7 Å². The summed E-state index contributed by atoms with van der Waals surface area (Å²) in [5.74, 6) is -0.405. The van der Waals surface area contributed by atoms with Crippen molar-refractivity contribution in [1.82, 2.24) is 9.55 Å². The standard InChI is InChI=1S/C10H9FN2O/c1-7-2-3-8(11)9(6-7)13-5-4-12-10(13)14/h2-6H,1H3,(H,12,14). The van der Waals surface area contributed by atoms with Crippen LogP contribution in [0.15, 0.2) is 35.4 Å². The van der Waals surface area contributed by atoms with Gasteiger partial charge in [0.2, 0.25) is 0 Å². The van der Waals surface area contributed by atoms with Crippen LogP contribution in [0.3, 0.4) is 0 Å². The minimum absolute atomic E-state index is 0.274. The van der Waals surface area contributed by atoms with Gasteiger partial charge < -0.3 is 4.98 Å². The van der Waals surface area contributed by atoms with E-state index in [1.165, 1.54) is 23.0 Å². The zero-order chi connectivity index (χ0) is 10.1. The highest BCUT2D eigenvalue weighted by Gasteiger charge is 2.05. The van der Waals surface area contributed by atoms with Crippen molar-refractivity contribution in [2.75, 3.05) is 0 Å². The van der Waals surface area contributed by atoms with Crippen LogP contribution in [0.2, 0.25) is 0 Å². The molecule has 0 saturated carbocycles. The maximum Gasteiger partial charge on any atom is 0.330 e. The molecular formula is C10H9FN2O. The van der Waals surface area contributed by atoms with E-state index in [0.29, 0.717) is 0 Å². The average molecular weight is 192 g/mol. The molecule has 1 heterocycles. The highest BCUT2D eigenvalue weighted by atomic mass is 19.1. The largest absolute Gasteiger partial charge is 0.330 e. The molecule has 14 heavy (non-hydrogen) atoms. The van der Waals surface area contributed by atoms with Gasteiger partial charge in [0.1, 0.15) is 5.82 Å². The second kappa shape index (κ2) is 3.14. The summed E-state index contributed by atoms with van der Waals surface area (Å²) in [6.07, 6.45) is 2.98. The molecular weight excluding hydrogens is 183 g/mol. The molecule has 0 bridgehead atoms. The Hall–Kier alpha value is -1.84. The topological polar surface area (TPSA) is 37.8 Å². The first-order valence-corrected chi connectivity index (χ1v) is 4.21. The van der Waals surface area contributed by atoms with E-state index >= 15 is 0 Å². The molecule has 0 unspecified atom stereocenters. The molecule has 0 aliphatic carbocycles. The number of aryl methyl sites for hydroxylation is 1. The lowest BCUT2D eigenvalue weighted by molar-refractivity contribution is 0.616. The number of aromatic amines is 1. The van der Waals surface area contributed by atoms with E-state index < -0.39 is 5.82 Å². The number of nitrogens with one attached hydrogen (secondary N) is 1. The average Bonchev–Trinajstić information content (AvgIpc) is 2.56. The van der Waals surface area contributed by atoms with Crippen LogP contribution in [-0.4, -0.2) is 9.55 Å². The van der Waals surface area contributed by atoms with E-state index in [9.17, 15) is 9.18 Å². The van der Waals surface area contributed by atoms with Crippen LogP contribution in [0.1, 0.15) is 5.56 Å². The predicted octanol–water partition coefficient (Wildman–Crippen LogP) is 1.61. The number of nitrogens with zero attached hydrogens (tertiary/aromatic N) is 1. The van der Waals surface area contributed by atoms with Crippen molar-refractivity contribution in [3.8, 4) is 5.69 Å². The first kappa shape index (κ1) is 8.74. The van der Waals surface area contributed by atoms with Crippen molar-refractivity contribution in [3.63, 3.8) is 0 Å². The zero-order valence-electron chi connectivity index (χ0n) is 7.62. The minimum Gasteiger partial charge on any atom is -0.312 e. The highest BCUT2D eigenvalue weighted by Crippen LogP contribution is 2.12. The molecule has 1 aromatic heterocycles. The van der Waals surface area contributed by atoms with Crippen LogP contribution in [0.4, 0.5) is 4.39 Å². The summed E-state index contributed by atoms with van der Waals surface area (Å²) in [6, 6.07) is 4.64. The molecule has 0 aliphatic rings. The van der Waals surface area contributed by atoms with E-state index in [0.717, 1.165) is 5.56 Å². The molecule has 2 aromatic rings. The van der Waals surface area contributed by atoms with Gasteiger partial charge in [-0.05, 0) is 24.6 Å². The van der Waals surface area contributed by atoms with Crippen LogP contribution in [0.5, 0.6) is 0 Å². The first-order valence-electron chi connectivity index (χ1n) is 4.21. The van der Waals surface area contributed by atoms with Crippen LogP contribution >= 0.6 is 0 Å². The SMILES string of the molecule is Cc1ccc(F)c(-n2cc[nH]c2=O)c1. The Morgan fingerprint density at radius 3 is 2.86 bits per heavy atom. The number of hydrogen-bond acceptors (Lipinski definition) is 1. The Bertz CT molecular complexity index is 513. The van der Waals surface area contributed by atoms with Crippen molar-refractivity contribution in [2.24, 2.45) is 0 Å². The second-order valence-electron chi connectivity index (χ2n) is 3.09. The first-order chi connectivity index (χ1) is 6.68. The van der Waals surface area contributed by atoms with Crippen molar-refractivity contribution in [3.05, 3.63) is 52.5 Å². The van der Waals surface area contributed by atoms with Crippen molar-refractivity contribution in [1.29, 1.82) is 0 Å². The molecule has 0 spiro atoms. The van der Waals surface area contributed by atoms with E-state index in [1.54, 1.807) is 12.1 Å². The van der Waals surface area contributed by atoms with E-state index in [2.05, 4.69) is 4.98 Å². The normalized spacial score (nSPS) is 10.4. The molecule has 1 N–H and O–H groups in total. The summed E-state index contributed by atoms with van der Waals surface area (Å²) in [5, 5.41) is 0. The van der Waals surface area contributed by atoms with Crippen molar-refractivity contribution >= 4 is 0 Å². The van der Waals surface area contributed by atoms with Crippen LogP contribution in [-0.2, 0) is 0 Å². The van der Waals surface area contributed by atoms with E-state index in [4.69, 9.17) is 0 Å². The molecule has 0 amide bonds. The summed E-state index contributed by atoms with van der Waals surface area (Å²) in [6.45, 7) is 1.85. The predicted molar refractivity (Wildman–Crippen MR) is 51.1 cm³/mol. The highest BCUT2D eigenvalue weighted by molar-refractivity contribution is 5.36. The monoisotopic (exact) mass is 192 g/mol. The van der Waals surface area contributed by atoms with E-state index in [1.807, 2.05) is 6.92 Å². The summed E-state index contributed by atoms with van der Waals surface area (Å²) in [4.78, 5) is 13.7. The lowest BCUT2D eigenvalue weighted by atomic mass is 10.2. The number of halogens is 1. The number of rotatable bonds is 1. The van der Waals surface area contributed by atoms with Crippen molar-refractivity contribution in [2.45, 2.75) is 6.92 Å².